The molecule has 1 amide bonds. The van der Waals surface area contributed by atoms with Gasteiger partial charge in [0.05, 0.1) is 4.47 Å². The Labute approximate surface area is 163 Å². The minimum absolute atomic E-state index is 0.00614. The van der Waals surface area contributed by atoms with Gasteiger partial charge in [0.25, 0.3) is 5.91 Å². The summed E-state index contributed by atoms with van der Waals surface area (Å²) in [4.78, 5) is 12.3. The van der Waals surface area contributed by atoms with Gasteiger partial charge in [-0.25, -0.2) is 0 Å². The largest absolute Gasteiger partial charge is 0.488 e. The monoisotopic (exact) mass is 460 g/mol. The Bertz CT molecular complexity index is 870. The summed E-state index contributed by atoms with van der Waals surface area (Å²) in [6.45, 7) is 3.99. The summed E-state index contributed by atoms with van der Waals surface area (Å²) >= 11 is 6.75. The van der Waals surface area contributed by atoms with E-state index in [1.54, 1.807) is 42.5 Å². The van der Waals surface area contributed by atoms with Gasteiger partial charge in [-0.05, 0) is 57.9 Å². The molecule has 0 radical (unpaired) electrons. The minimum atomic E-state index is -0.469. The van der Waals surface area contributed by atoms with Crippen molar-refractivity contribution in [3.05, 3.63) is 75.2 Å². The van der Waals surface area contributed by atoms with E-state index in [0.29, 0.717) is 23.6 Å². The predicted molar refractivity (Wildman–Crippen MR) is 106 cm³/mol. The average Bonchev–Trinajstić information content (AvgIpc) is 2.58. The van der Waals surface area contributed by atoms with Gasteiger partial charge in [0.15, 0.2) is 0 Å². The molecule has 126 valence electrons. The van der Waals surface area contributed by atoms with Gasteiger partial charge >= 0.3 is 0 Å². The number of hydrogen-bond acceptors (Lipinski definition) is 3. The number of carbonyl (C=O) groups is 1. The van der Waals surface area contributed by atoms with Gasteiger partial charge in [-0.15, -0.1) is 0 Å². The first-order valence-corrected chi connectivity index (χ1v) is 8.84. The summed E-state index contributed by atoms with van der Waals surface area (Å²) in [5.74, 6) is 0.192. The molecule has 0 fully saturated rings. The molecule has 2 rings (SSSR count). The van der Waals surface area contributed by atoms with Crippen LogP contribution in [0.15, 0.2) is 69.6 Å². The highest BCUT2D eigenvalue weighted by Gasteiger charge is 2.10. The van der Waals surface area contributed by atoms with Gasteiger partial charge in [-0.3, -0.25) is 4.79 Å². The number of benzene rings is 2. The molecule has 0 aliphatic carbocycles. The van der Waals surface area contributed by atoms with Crippen molar-refractivity contribution in [1.29, 1.82) is 5.26 Å². The molecule has 0 aliphatic heterocycles. The van der Waals surface area contributed by atoms with Crippen molar-refractivity contribution >= 4 is 49.5 Å². The van der Waals surface area contributed by atoms with Crippen LogP contribution < -0.4 is 10.1 Å². The number of hydrogen-bond donors (Lipinski definition) is 1. The Morgan fingerprint density at radius 3 is 2.72 bits per heavy atom. The Balaban J connectivity index is 2.19. The van der Waals surface area contributed by atoms with Crippen LogP contribution in [-0.4, -0.2) is 12.5 Å². The van der Waals surface area contributed by atoms with Crippen LogP contribution in [0.5, 0.6) is 5.75 Å². The Hall–Kier alpha value is -2.36. The summed E-state index contributed by atoms with van der Waals surface area (Å²) in [5, 5.41) is 12.0. The molecular formula is C19H14Br2N2O2. The second kappa shape index (κ2) is 9.21. The van der Waals surface area contributed by atoms with Crippen molar-refractivity contribution in [2.45, 2.75) is 0 Å². The van der Waals surface area contributed by atoms with Gasteiger partial charge in [-0.1, -0.05) is 40.7 Å². The van der Waals surface area contributed by atoms with Crippen LogP contribution in [0.2, 0.25) is 0 Å². The highest BCUT2D eigenvalue weighted by Crippen LogP contribution is 2.27. The zero-order valence-corrected chi connectivity index (χ0v) is 16.3. The first-order chi connectivity index (χ1) is 12.0. The van der Waals surface area contributed by atoms with Crippen LogP contribution in [0.1, 0.15) is 5.56 Å². The quantitative estimate of drug-likeness (QED) is 0.359. The topological polar surface area (TPSA) is 62.1 Å². The van der Waals surface area contributed by atoms with Gasteiger partial charge < -0.3 is 10.1 Å². The molecule has 0 spiro atoms. The van der Waals surface area contributed by atoms with Crippen molar-refractivity contribution in [2.24, 2.45) is 0 Å². The summed E-state index contributed by atoms with van der Waals surface area (Å²) < 4.78 is 7.04. The molecule has 2 aromatic rings. The molecule has 0 aromatic heterocycles. The lowest BCUT2D eigenvalue weighted by Gasteiger charge is -2.07. The van der Waals surface area contributed by atoms with E-state index in [1.165, 1.54) is 6.08 Å². The Morgan fingerprint density at radius 1 is 1.28 bits per heavy atom. The number of anilines is 1. The second-order valence-electron chi connectivity index (χ2n) is 4.92. The van der Waals surface area contributed by atoms with Crippen molar-refractivity contribution in [3.8, 4) is 11.8 Å². The number of nitrogens with one attached hydrogen (secondary N) is 1. The number of halogens is 2. The second-order valence-corrected chi connectivity index (χ2v) is 6.69. The molecule has 25 heavy (non-hydrogen) atoms. The average molecular weight is 462 g/mol. The molecule has 6 heteroatoms. The van der Waals surface area contributed by atoms with Crippen LogP contribution in [0.25, 0.3) is 6.08 Å². The summed E-state index contributed by atoms with van der Waals surface area (Å²) in [6.07, 6.45) is 3.18. The molecule has 0 saturated carbocycles. The van der Waals surface area contributed by atoms with Crippen LogP contribution in [0.4, 0.5) is 5.69 Å². The lowest BCUT2D eigenvalue weighted by Crippen LogP contribution is -2.13. The van der Waals surface area contributed by atoms with Crippen LogP contribution in [0, 0.1) is 11.3 Å². The maximum Gasteiger partial charge on any atom is 0.266 e. The third-order valence-electron chi connectivity index (χ3n) is 3.07. The highest BCUT2D eigenvalue weighted by atomic mass is 79.9. The predicted octanol–water partition coefficient (Wildman–Crippen LogP) is 5.32. The van der Waals surface area contributed by atoms with E-state index in [0.717, 1.165) is 8.95 Å². The van der Waals surface area contributed by atoms with Gasteiger partial charge in [0.2, 0.25) is 0 Å². The third-order valence-corrected chi connectivity index (χ3v) is 4.18. The van der Waals surface area contributed by atoms with Gasteiger partial charge in [0.1, 0.15) is 24.0 Å². The lowest BCUT2D eigenvalue weighted by atomic mass is 10.1. The van der Waals surface area contributed by atoms with E-state index in [4.69, 9.17) is 4.74 Å². The molecule has 0 saturated heterocycles. The van der Waals surface area contributed by atoms with Crippen LogP contribution in [-0.2, 0) is 4.79 Å². The fraction of sp³-hybridized carbons (Fsp3) is 0.0526. The summed E-state index contributed by atoms with van der Waals surface area (Å²) in [5.41, 5.74) is 1.32. The SMILES string of the molecule is C=CCOc1ccc(/C=C(/C#N)C(=O)Nc2cccc(Br)c2)cc1Br. The Morgan fingerprint density at radius 2 is 2.08 bits per heavy atom. The number of rotatable bonds is 6. The molecule has 0 bridgehead atoms. The first-order valence-electron chi connectivity index (χ1n) is 7.25. The van der Waals surface area contributed by atoms with E-state index < -0.39 is 5.91 Å². The van der Waals surface area contributed by atoms with Crippen molar-refractivity contribution in [2.75, 3.05) is 11.9 Å². The molecule has 4 nitrogen and oxygen atoms in total. The summed E-state index contributed by atoms with van der Waals surface area (Å²) in [6, 6.07) is 14.4. The number of ether oxygens (including phenoxy) is 1. The van der Waals surface area contributed by atoms with Crippen molar-refractivity contribution in [1.82, 2.24) is 0 Å². The molecule has 0 unspecified atom stereocenters. The zero-order chi connectivity index (χ0) is 18.2. The normalized spacial score (nSPS) is 10.7. The van der Waals surface area contributed by atoms with Crippen molar-refractivity contribution < 1.29 is 9.53 Å². The van der Waals surface area contributed by atoms with Gasteiger partial charge in [0, 0.05) is 10.2 Å². The highest BCUT2D eigenvalue weighted by molar-refractivity contribution is 9.10. The van der Waals surface area contributed by atoms with E-state index >= 15 is 0 Å². The van der Waals surface area contributed by atoms with E-state index in [9.17, 15) is 10.1 Å². The van der Waals surface area contributed by atoms with E-state index in [2.05, 4.69) is 43.8 Å². The first kappa shape index (κ1) is 19.0. The minimum Gasteiger partial charge on any atom is -0.488 e. The molecule has 2 aromatic carbocycles. The van der Waals surface area contributed by atoms with E-state index in [-0.39, 0.29) is 5.57 Å². The fourth-order valence-corrected chi connectivity index (χ4v) is 2.86. The smallest absolute Gasteiger partial charge is 0.266 e. The third kappa shape index (κ3) is 5.59. The molecule has 0 heterocycles. The number of nitriles is 1. The number of amides is 1. The van der Waals surface area contributed by atoms with E-state index in [1.807, 2.05) is 12.1 Å². The maximum absolute atomic E-state index is 12.3. The molecule has 0 aliphatic rings. The number of carbonyl (C=O) groups excluding carboxylic acids is 1. The molecule has 1 N–H and O–H groups in total. The maximum atomic E-state index is 12.3. The van der Waals surface area contributed by atoms with Gasteiger partial charge in [-0.2, -0.15) is 5.26 Å². The van der Waals surface area contributed by atoms with Crippen LogP contribution >= 0.6 is 31.9 Å². The molecular weight excluding hydrogens is 448 g/mol. The molecule has 0 atom stereocenters. The number of nitrogens with zero attached hydrogens (tertiary/aromatic N) is 1. The standard InChI is InChI=1S/C19H14Br2N2O2/c1-2-8-25-18-7-6-13(10-17(18)21)9-14(12-22)19(24)23-16-5-3-4-15(20)11-16/h2-7,9-11H,1,8H2,(H,23,24)/b14-9-. The van der Waals surface area contributed by atoms with Crippen molar-refractivity contribution in [3.63, 3.8) is 0 Å². The zero-order valence-electron chi connectivity index (χ0n) is 13.1. The van der Waals surface area contributed by atoms with Crippen LogP contribution in [0.3, 0.4) is 0 Å². The summed E-state index contributed by atoms with van der Waals surface area (Å²) in [7, 11) is 0. The fourth-order valence-electron chi connectivity index (χ4n) is 1.95. The lowest BCUT2D eigenvalue weighted by molar-refractivity contribution is -0.112. The Kier molecular flexibility index (Phi) is 6.99.